The molecule has 0 amide bonds. The fourth-order valence-corrected chi connectivity index (χ4v) is 4.14. The van der Waals surface area contributed by atoms with Gasteiger partial charge >= 0.3 is 0 Å². The summed E-state index contributed by atoms with van der Waals surface area (Å²) in [5.41, 5.74) is 0. The zero-order chi connectivity index (χ0) is 21.3. The van der Waals surface area contributed by atoms with E-state index in [4.69, 9.17) is 4.74 Å². The van der Waals surface area contributed by atoms with Gasteiger partial charge in [0.2, 0.25) is 0 Å². The highest BCUT2D eigenvalue weighted by Gasteiger charge is 1.96. The molecule has 0 unspecified atom stereocenters. The number of hydrogen-bond acceptors (Lipinski definition) is 1. The van der Waals surface area contributed by atoms with Crippen LogP contribution in [-0.2, 0) is 4.74 Å². The summed E-state index contributed by atoms with van der Waals surface area (Å²) in [6.07, 6.45) is 31.2. The quantitative estimate of drug-likeness (QED) is 0.136. The molecule has 0 aromatic rings. The molecule has 0 N–H and O–H groups in total. The van der Waals surface area contributed by atoms with Gasteiger partial charge in [0.05, 0.1) is 0 Å². The van der Waals surface area contributed by atoms with Gasteiger partial charge in [0, 0.05) is 13.2 Å². The lowest BCUT2D eigenvalue weighted by Crippen LogP contribution is -1.97. The molecule has 0 aliphatic carbocycles. The molecule has 0 spiro atoms. The summed E-state index contributed by atoms with van der Waals surface area (Å²) in [5.74, 6) is 0.873. The minimum atomic E-state index is 0.873. The molecule has 0 rings (SSSR count). The van der Waals surface area contributed by atoms with Crippen LogP contribution in [-0.4, -0.2) is 13.2 Å². The average Bonchev–Trinajstić information content (AvgIpc) is 2.71. The van der Waals surface area contributed by atoms with Crippen LogP contribution in [0.25, 0.3) is 0 Å². The molecule has 0 aliphatic rings. The van der Waals surface area contributed by atoms with Crippen LogP contribution in [0, 0.1) is 5.92 Å². The van der Waals surface area contributed by atoms with Crippen molar-refractivity contribution in [2.24, 2.45) is 5.92 Å². The number of unbranched alkanes of at least 4 members (excludes halogenated alkanes) is 19. The van der Waals surface area contributed by atoms with Gasteiger partial charge in [0.25, 0.3) is 0 Å². The van der Waals surface area contributed by atoms with Crippen LogP contribution < -0.4 is 0 Å². The van der Waals surface area contributed by atoms with Crippen LogP contribution in [0.1, 0.15) is 162 Å². The highest BCUT2D eigenvalue weighted by Crippen LogP contribution is 2.14. The Morgan fingerprint density at radius 2 is 0.724 bits per heavy atom. The van der Waals surface area contributed by atoms with E-state index in [9.17, 15) is 0 Å². The van der Waals surface area contributed by atoms with Crippen molar-refractivity contribution in [3.63, 3.8) is 0 Å². The zero-order valence-electron chi connectivity index (χ0n) is 21.0. The van der Waals surface area contributed by atoms with Crippen molar-refractivity contribution in [1.82, 2.24) is 0 Å². The summed E-state index contributed by atoms with van der Waals surface area (Å²) in [5, 5.41) is 0. The molecule has 0 bridgehead atoms. The minimum absolute atomic E-state index is 0.873. The van der Waals surface area contributed by atoms with Crippen molar-refractivity contribution in [3.8, 4) is 0 Å². The Morgan fingerprint density at radius 1 is 0.414 bits per heavy atom. The van der Waals surface area contributed by atoms with Gasteiger partial charge in [-0.05, 0) is 18.8 Å². The Hall–Kier alpha value is -0.0400. The standard InChI is InChI=1S/C28H58O/c1-4-5-6-7-8-9-10-11-12-13-14-15-16-17-20-23-26-29-27-24-21-18-19-22-25-28(2)3/h28H,4-27H2,1-3H3. The van der Waals surface area contributed by atoms with E-state index in [-0.39, 0.29) is 0 Å². The van der Waals surface area contributed by atoms with Gasteiger partial charge in [0.15, 0.2) is 0 Å². The minimum Gasteiger partial charge on any atom is -0.381 e. The summed E-state index contributed by atoms with van der Waals surface area (Å²) in [6, 6.07) is 0. The molecule has 0 fully saturated rings. The smallest absolute Gasteiger partial charge is 0.0466 e. The Kier molecular flexibility index (Phi) is 26.0. The van der Waals surface area contributed by atoms with Crippen LogP contribution in [0.15, 0.2) is 0 Å². The lowest BCUT2D eigenvalue weighted by molar-refractivity contribution is 0.125. The van der Waals surface area contributed by atoms with E-state index in [1.807, 2.05) is 0 Å². The summed E-state index contributed by atoms with van der Waals surface area (Å²) in [7, 11) is 0. The van der Waals surface area contributed by atoms with Gasteiger partial charge in [-0.1, -0.05) is 149 Å². The predicted octanol–water partition coefficient (Wildman–Crippen LogP) is 10.3. The molecule has 1 nitrogen and oxygen atoms in total. The van der Waals surface area contributed by atoms with Crippen LogP contribution in [0.5, 0.6) is 0 Å². The van der Waals surface area contributed by atoms with E-state index in [1.54, 1.807) is 0 Å². The molecule has 0 radical (unpaired) electrons. The van der Waals surface area contributed by atoms with E-state index >= 15 is 0 Å². The van der Waals surface area contributed by atoms with Gasteiger partial charge in [-0.15, -0.1) is 0 Å². The second-order valence-corrected chi connectivity index (χ2v) is 9.87. The first-order valence-corrected chi connectivity index (χ1v) is 13.8. The molecular weight excluding hydrogens is 352 g/mol. The first-order valence-electron chi connectivity index (χ1n) is 13.8. The third-order valence-electron chi connectivity index (χ3n) is 6.21. The molecule has 0 saturated carbocycles. The molecule has 0 aromatic carbocycles. The molecule has 0 heterocycles. The van der Waals surface area contributed by atoms with E-state index in [2.05, 4.69) is 20.8 Å². The van der Waals surface area contributed by atoms with E-state index in [1.165, 1.54) is 141 Å². The Morgan fingerprint density at radius 3 is 1.07 bits per heavy atom. The SMILES string of the molecule is CCCCCCCCCCCCCCCCCCOCCCCCCCC(C)C. The highest BCUT2D eigenvalue weighted by atomic mass is 16.5. The van der Waals surface area contributed by atoms with Crippen molar-refractivity contribution in [1.29, 1.82) is 0 Å². The van der Waals surface area contributed by atoms with Crippen molar-refractivity contribution < 1.29 is 4.74 Å². The van der Waals surface area contributed by atoms with Crippen LogP contribution >= 0.6 is 0 Å². The maximum absolute atomic E-state index is 5.80. The van der Waals surface area contributed by atoms with Crippen molar-refractivity contribution >= 4 is 0 Å². The number of ether oxygens (including phenoxy) is 1. The molecular formula is C28H58O. The molecule has 0 saturated heterocycles. The van der Waals surface area contributed by atoms with Gasteiger partial charge in [-0.3, -0.25) is 0 Å². The van der Waals surface area contributed by atoms with Gasteiger partial charge < -0.3 is 4.74 Å². The Bertz CT molecular complexity index is 273. The first-order chi connectivity index (χ1) is 14.3. The second kappa shape index (κ2) is 26.0. The van der Waals surface area contributed by atoms with Crippen LogP contribution in [0.4, 0.5) is 0 Å². The van der Waals surface area contributed by atoms with Gasteiger partial charge in [-0.2, -0.15) is 0 Å². The number of hydrogen-bond donors (Lipinski definition) is 0. The summed E-state index contributed by atoms with van der Waals surface area (Å²) < 4.78 is 5.80. The van der Waals surface area contributed by atoms with Gasteiger partial charge in [-0.25, -0.2) is 0 Å². The summed E-state index contributed by atoms with van der Waals surface area (Å²) >= 11 is 0. The largest absolute Gasteiger partial charge is 0.381 e. The maximum Gasteiger partial charge on any atom is 0.0466 e. The van der Waals surface area contributed by atoms with Crippen molar-refractivity contribution in [2.75, 3.05) is 13.2 Å². The summed E-state index contributed by atoms with van der Waals surface area (Å²) in [4.78, 5) is 0. The molecule has 0 atom stereocenters. The fraction of sp³-hybridized carbons (Fsp3) is 1.00. The van der Waals surface area contributed by atoms with E-state index < -0.39 is 0 Å². The van der Waals surface area contributed by atoms with E-state index in [0.29, 0.717) is 0 Å². The lowest BCUT2D eigenvalue weighted by Gasteiger charge is -2.06. The second-order valence-electron chi connectivity index (χ2n) is 9.87. The number of rotatable bonds is 25. The van der Waals surface area contributed by atoms with Crippen molar-refractivity contribution in [2.45, 2.75) is 162 Å². The fourth-order valence-electron chi connectivity index (χ4n) is 4.14. The lowest BCUT2D eigenvalue weighted by atomic mass is 10.0. The monoisotopic (exact) mass is 410 g/mol. The Labute approximate surface area is 186 Å². The third-order valence-corrected chi connectivity index (χ3v) is 6.21. The molecule has 29 heavy (non-hydrogen) atoms. The third kappa shape index (κ3) is 28.0. The highest BCUT2D eigenvalue weighted by molar-refractivity contribution is 4.51. The zero-order valence-corrected chi connectivity index (χ0v) is 21.0. The van der Waals surface area contributed by atoms with Crippen LogP contribution in [0.3, 0.4) is 0 Å². The molecule has 0 aromatic heterocycles. The molecule has 176 valence electrons. The Balaban J connectivity index is 2.98. The van der Waals surface area contributed by atoms with Crippen molar-refractivity contribution in [3.05, 3.63) is 0 Å². The van der Waals surface area contributed by atoms with Crippen LogP contribution in [0.2, 0.25) is 0 Å². The molecule has 1 heteroatoms. The average molecular weight is 411 g/mol. The van der Waals surface area contributed by atoms with E-state index in [0.717, 1.165) is 19.1 Å². The maximum atomic E-state index is 5.80. The predicted molar refractivity (Wildman–Crippen MR) is 133 cm³/mol. The summed E-state index contributed by atoms with van der Waals surface area (Å²) in [6.45, 7) is 8.93. The molecule has 0 aliphatic heterocycles. The normalized spacial score (nSPS) is 11.6. The van der Waals surface area contributed by atoms with Gasteiger partial charge in [0.1, 0.15) is 0 Å². The topological polar surface area (TPSA) is 9.23 Å². The first kappa shape index (κ1) is 29.0.